The van der Waals surface area contributed by atoms with Crippen molar-refractivity contribution in [3.8, 4) is 0 Å². The summed E-state index contributed by atoms with van der Waals surface area (Å²) in [6, 6.07) is 27.3. The maximum Gasteiger partial charge on any atom is 0.271 e. The van der Waals surface area contributed by atoms with E-state index in [1.165, 1.54) is 11.8 Å². The number of nitrogens with zero attached hydrogens (tertiary/aromatic N) is 1. The van der Waals surface area contributed by atoms with E-state index < -0.39 is 5.60 Å². The van der Waals surface area contributed by atoms with Crippen LogP contribution in [0.25, 0.3) is 0 Å². The Morgan fingerprint density at radius 1 is 0.857 bits per heavy atom. The smallest absolute Gasteiger partial charge is 0.271 e. The third-order valence-corrected chi connectivity index (χ3v) is 5.72. The number of amides is 2. The van der Waals surface area contributed by atoms with Crippen LogP contribution in [0.1, 0.15) is 35.6 Å². The summed E-state index contributed by atoms with van der Waals surface area (Å²) in [6.07, 6.45) is -0.257. The van der Waals surface area contributed by atoms with Gasteiger partial charge in [-0.15, -0.1) is 0 Å². The molecule has 5 rings (SSSR count). The van der Waals surface area contributed by atoms with E-state index in [9.17, 15) is 9.59 Å². The van der Waals surface area contributed by atoms with Crippen LogP contribution in [0.5, 0.6) is 0 Å². The Morgan fingerprint density at radius 3 is 2.07 bits per heavy atom. The molecule has 0 aromatic heterocycles. The van der Waals surface area contributed by atoms with Crippen LogP contribution in [0.15, 0.2) is 84.9 Å². The van der Waals surface area contributed by atoms with Gasteiger partial charge in [-0.25, -0.2) is 4.90 Å². The van der Waals surface area contributed by atoms with Gasteiger partial charge >= 0.3 is 0 Å². The number of ether oxygens (including phenoxy) is 1. The number of anilines is 1. The van der Waals surface area contributed by atoms with E-state index >= 15 is 0 Å². The molecule has 0 bridgehead atoms. The van der Waals surface area contributed by atoms with E-state index in [4.69, 9.17) is 4.74 Å². The topological polar surface area (TPSA) is 46.6 Å². The van der Waals surface area contributed by atoms with Crippen LogP contribution >= 0.6 is 0 Å². The van der Waals surface area contributed by atoms with Gasteiger partial charge in [-0.2, -0.15) is 0 Å². The lowest BCUT2D eigenvalue weighted by Crippen LogP contribution is -2.57. The zero-order valence-corrected chi connectivity index (χ0v) is 15.4. The van der Waals surface area contributed by atoms with Crippen molar-refractivity contribution in [1.82, 2.24) is 0 Å². The van der Waals surface area contributed by atoms with E-state index in [1.807, 2.05) is 84.9 Å². The van der Waals surface area contributed by atoms with Crippen LogP contribution in [0.4, 0.5) is 5.69 Å². The first kappa shape index (κ1) is 16.9. The second kappa shape index (κ2) is 6.14. The van der Waals surface area contributed by atoms with E-state index in [-0.39, 0.29) is 23.8 Å². The minimum Gasteiger partial charge on any atom is -0.351 e. The van der Waals surface area contributed by atoms with Crippen molar-refractivity contribution in [3.05, 3.63) is 102 Å². The summed E-state index contributed by atoms with van der Waals surface area (Å²) in [5, 5.41) is 0. The zero-order chi connectivity index (χ0) is 19.3. The van der Waals surface area contributed by atoms with E-state index in [0.717, 1.165) is 16.7 Å². The number of carbonyl (C=O) groups is 2. The molecule has 0 aliphatic carbocycles. The Hall–Kier alpha value is -3.24. The first-order valence-corrected chi connectivity index (χ1v) is 9.37. The molecule has 0 saturated carbocycles. The highest BCUT2D eigenvalue weighted by atomic mass is 16.5. The second-order valence-electron chi connectivity index (χ2n) is 7.25. The first-order valence-electron chi connectivity index (χ1n) is 9.37. The standard InChI is InChI=1S/C24H19NO3/c1-16(26)25-20-15-9-8-14-19(20)24(23(25)27)21(17-10-4-2-5-11-17)22(28-24)18-12-6-3-7-13-18/h2-15,21-22H,1H3/t21-,22-,24+/m1/s1. The van der Waals surface area contributed by atoms with Gasteiger partial charge in [0.25, 0.3) is 5.91 Å². The molecule has 0 unspecified atom stereocenters. The summed E-state index contributed by atoms with van der Waals surface area (Å²) < 4.78 is 6.42. The van der Waals surface area contributed by atoms with Crippen molar-refractivity contribution >= 4 is 17.5 Å². The number of para-hydroxylation sites is 1. The minimum absolute atomic E-state index is 0.214. The number of imide groups is 1. The molecule has 3 aromatic carbocycles. The third kappa shape index (κ3) is 2.15. The molecule has 2 heterocycles. The molecule has 2 aliphatic rings. The van der Waals surface area contributed by atoms with Gasteiger partial charge in [0.05, 0.1) is 17.7 Å². The second-order valence-corrected chi connectivity index (χ2v) is 7.25. The molecule has 28 heavy (non-hydrogen) atoms. The van der Waals surface area contributed by atoms with E-state index in [2.05, 4.69) is 0 Å². The van der Waals surface area contributed by atoms with Crippen molar-refractivity contribution in [2.75, 3.05) is 4.90 Å². The van der Waals surface area contributed by atoms with Gasteiger partial charge in [0.2, 0.25) is 5.91 Å². The van der Waals surface area contributed by atoms with Crippen molar-refractivity contribution in [2.24, 2.45) is 0 Å². The van der Waals surface area contributed by atoms with Crippen LogP contribution < -0.4 is 4.90 Å². The van der Waals surface area contributed by atoms with Crippen LogP contribution in [-0.2, 0) is 19.9 Å². The van der Waals surface area contributed by atoms with Crippen LogP contribution in [0.3, 0.4) is 0 Å². The molecule has 1 spiro atoms. The lowest BCUT2D eigenvalue weighted by atomic mass is 9.68. The first-order chi connectivity index (χ1) is 13.6. The minimum atomic E-state index is -1.18. The largest absolute Gasteiger partial charge is 0.351 e. The van der Waals surface area contributed by atoms with Crippen molar-refractivity contribution in [2.45, 2.75) is 24.5 Å². The quantitative estimate of drug-likeness (QED) is 0.675. The third-order valence-electron chi connectivity index (χ3n) is 5.72. The van der Waals surface area contributed by atoms with Gasteiger partial charge in [0.15, 0.2) is 5.60 Å². The molecule has 3 atom stereocenters. The summed E-state index contributed by atoms with van der Waals surface area (Å²) >= 11 is 0. The van der Waals surface area contributed by atoms with Crippen molar-refractivity contribution < 1.29 is 14.3 Å². The molecule has 4 nitrogen and oxygen atoms in total. The number of fused-ring (bicyclic) bond motifs is 2. The molecule has 2 aliphatic heterocycles. The molecule has 1 saturated heterocycles. The number of carbonyl (C=O) groups excluding carboxylic acids is 2. The fourth-order valence-corrected chi connectivity index (χ4v) is 4.56. The lowest BCUT2D eigenvalue weighted by Gasteiger charge is -2.52. The Labute approximate surface area is 163 Å². The number of hydrogen-bond donors (Lipinski definition) is 0. The summed E-state index contributed by atoms with van der Waals surface area (Å²) in [4.78, 5) is 27.1. The van der Waals surface area contributed by atoms with Crippen molar-refractivity contribution in [3.63, 3.8) is 0 Å². The van der Waals surface area contributed by atoms with E-state index in [0.29, 0.717) is 5.69 Å². The summed E-state index contributed by atoms with van der Waals surface area (Å²) in [7, 11) is 0. The molecule has 138 valence electrons. The van der Waals surface area contributed by atoms with Gasteiger partial charge in [-0.3, -0.25) is 9.59 Å². The highest BCUT2D eigenvalue weighted by Crippen LogP contribution is 2.64. The van der Waals surface area contributed by atoms with Crippen LogP contribution in [0, 0.1) is 0 Å². The maximum absolute atomic E-state index is 13.5. The Morgan fingerprint density at radius 2 is 1.43 bits per heavy atom. The summed E-state index contributed by atoms with van der Waals surface area (Å²) in [6.45, 7) is 1.42. The highest BCUT2D eigenvalue weighted by molar-refractivity contribution is 6.22. The average Bonchev–Trinajstić information content (AvgIpc) is 2.97. The molecule has 1 fully saturated rings. The summed E-state index contributed by atoms with van der Waals surface area (Å²) in [5.41, 5.74) is 2.25. The highest BCUT2D eigenvalue weighted by Gasteiger charge is 2.68. The Kier molecular flexibility index (Phi) is 3.71. The SMILES string of the molecule is CC(=O)N1C(=O)[C@]2(O[C@H](c3ccccc3)[C@H]2c2ccccc2)c2ccccc21. The normalized spacial score (nSPS) is 25.5. The van der Waals surface area contributed by atoms with Crippen molar-refractivity contribution in [1.29, 1.82) is 0 Å². The lowest BCUT2D eigenvalue weighted by molar-refractivity contribution is -0.229. The number of hydrogen-bond acceptors (Lipinski definition) is 3. The fourth-order valence-electron chi connectivity index (χ4n) is 4.56. The number of rotatable bonds is 2. The monoisotopic (exact) mass is 369 g/mol. The molecule has 0 radical (unpaired) electrons. The summed E-state index contributed by atoms with van der Waals surface area (Å²) in [5.74, 6) is -0.816. The molecule has 4 heteroatoms. The zero-order valence-electron chi connectivity index (χ0n) is 15.4. The predicted molar refractivity (Wildman–Crippen MR) is 106 cm³/mol. The molecule has 2 amide bonds. The van der Waals surface area contributed by atoms with E-state index in [1.54, 1.807) is 0 Å². The number of benzene rings is 3. The van der Waals surface area contributed by atoms with Gasteiger partial charge in [0, 0.05) is 12.5 Å². The predicted octanol–water partition coefficient (Wildman–Crippen LogP) is 4.33. The van der Waals surface area contributed by atoms with Gasteiger partial charge in [-0.1, -0.05) is 78.9 Å². The Bertz CT molecular complexity index is 1060. The molecule has 3 aromatic rings. The van der Waals surface area contributed by atoms with Crippen LogP contribution in [0.2, 0.25) is 0 Å². The maximum atomic E-state index is 13.5. The van der Waals surface area contributed by atoms with Gasteiger partial charge < -0.3 is 4.74 Å². The molecular formula is C24H19NO3. The van der Waals surface area contributed by atoms with Gasteiger partial charge in [0.1, 0.15) is 0 Å². The fraction of sp³-hybridized carbons (Fsp3) is 0.167. The van der Waals surface area contributed by atoms with Crippen LogP contribution in [-0.4, -0.2) is 11.8 Å². The van der Waals surface area contributed by atoms with Gasteiger partial charge in [-0.05, 0) is 17.2 Å². The molecule has 0 N–H and O–H groups in total. The Balaban J connectivity index is 1.71. The molecular weight excluding hydrogens is 350 g/mol. The average molecular weight is 369 g/mol.